The number of nitrogens with zero attached hydrogens (tertiary/aromatic N) is 4. The van der Waals surface area contributed by atoms with Gasteiger partial charge in [-0.1, -0.05) is 92.7 Å². The van der Waals surface area contributed by atoms with Crippen LogP contribution in [-0.4, -0.2) is 61.8 Å². The third-order valence-electron chi connectivity index (χ3n) is 9.68. The number of rotatable bonds is 10. The Kier molecular flexibility index (Phi) is 8.81. The Bertz CT molecular complexity index is 1730. The summed E-state index contributed by atoms with van der Waals surface area (Å²) in [4.78, 5) is 34.9. The van der Waals surface area contributed by atoms with E-state index in [-0.39, 0.29) is 18.0 Å². The van der Waals surface area contributed by atoms with Crippen molar-refractivity contribution in [2.45, 2.75) is 57.7 Å². The lowest BCUT2D eigenvalue weighted by Crippen LogP contribution is -2.43. The number of amides is 1. The molecule has 2 saturated heterocycles. The SMILES string of the molecule is CCN(CC)[C@@H](C(=O)N1CCCC1c1ncc(-c2ccc(-c3ccc(-c4cnc(C5CCCN5)[nH]4)cc3)cc2)[nH]1)c1ccccc1. The quantitative estimate of drug-likeness (QED) is 0.154. The van der Waals surface area contributed by atoms with E-state index in [9.17, 15) is 4.79 Å². The normalized spacial score (nSPS) is 18.8. The summed E-state index contributed by atoms with van der Waals surface area (Å²) in [5.41, 5.74) is 7.59. The van der Waals surface area contributed by atoms with Gasteiger partial charge in [-0.3, -0.25) is 9.69 Å². The Labute approximate surface area is 271 Å². The standard InChI is InChI=1S/C38H43N7O/c1-3-44(4-2)35(30-10-6-5-7-11-30)38(46)45-23-9-13-34(45)37-41-25-33(43-37)29-20-16-27(17-21-29)26-14-18-28(19-15-26)32-24-40-36(42-32)31-12-8-22-39-31/h5-7,10-11,14-21,24-25,31,34-35,39H,3-4,8-9,12-13,22-23H2,1-2H3,(H,40,42)(H,41,43)/t31?,34?,35-/m1/s1. The number of nitrogens with one attached hydrogen (secondary N) is 3. The highest BCUT2D eigenvalue weighted by atomic mass is 16.2. The van der Waals surface area contributed by atoms with Crippen molar-refractivity contribution in [3.05, 3.63) is 108 Å². The molecule has 0 aliphatic carbocycles. The van der Waals surface area contributed by atoms with Crippen LogP contribution >= 0.6 is 0 Å². The molecule has 2 aliphatic heterocycles. The van der Waals surface area contributed by atoms with Crippen LogP contribution in [0.5, 0.6) is 0 Å². The fourth-order valence-corrected chi connectivity index (χ4v) is 7.12. The fraction of sp³-hybridized carbons (Fsp3) is 0.342. The summed E-state index contributed by atoms with van der Waals surface area (Å²) in [7, 11) is 0. The van der Waals surface area contributed by atoms with Crippen molar-refractivity contribution < 1.29 is 4.79 Å². The third-order valence-corrected chi connectivity index (χ3v) is 9.68. The second-order valence-electron chi connectivity index (χ2n) is 12.4. The first-order valence-electron chi connectivity index (χ1n) is 16.8. The van der Waals surface area contributed by atoms with Crippen LogP contribution in [0.2, 0.25) is 0 Å². The summed E-state index contributed by atoms with van der Waals surface area (Å²) < 4.78 is 0. The molecule has 2 fully saturated rings. The molecule has 236 valence electrons. The van der Waals surface area contributed by atoms with Crippen LogP contribution in [0.25, 0.3) is 33.6 Å². The smallest absolute Gasteiger partial charge is 0.245 e. The van der Waals surface area contributed by atoms with Gasteiger partial charge in [0, 0.05) is 6.54 Å². The maximum Gasteiger partial charge on any atom is 0.245 e. The van der Waals surface area contributed by atoms with Gasteiger partial charge in [0.2, 0.25) is 5.91 Å². The van der Waals surface area contributed by atoms with Gasteiger partial charge in [-0.2, -0.15) is 0 Å². The minimum absolute atomic E-state index is 0.0545. The molecule has 5 aromatic rings. The molecular formula is C38H43N7O. The molecule has 8 nitrogen and oxygen atoms in total. The van der Waals surface area contributed by atoms with Gasteiger partial charge in [0.05, 0.1) is 35.9 Å². The van der Waals surface area contributed by atoms with Gasteiger partial charge in [-0.25, -0.2) is 9.97 Å². The van der Waals surface area contributed by atoms with E-state index in [1.165, 1.54) is 12.0 Å². The Morgan fingerprint density at radius 2 is 1.37 bits per heavy atom. The van der Waals surface area contributed by atoms with Crippen molar-refractivity contribution in [3.8, 4) is 33.6 Å². The molecule has 0 saturated carbocycles. The van der Waals surface area contributed by atoms with E-state index >= 15 is 0 Å². The molecule has 46 heavy (non-hydrogen) atoms. The first kappa shape index (κ1) is 30.1. The Morgan fingerprint density at radius 3 is 1.96 bits per heavy atom. The molecule has 8 heteroatoms. The van der Waals surface area contributed by atoms with E-state index in [0.717, 1.165) is 90.7 Å². The molecule has 2 aliphatic rings. The number of likely N-dealkylation sites (tertiary alicyclic amines) is 1. The maximum absolute atomic E-state index is 14.1. The predicted octanol–water partition coefficient (Wildman–Crippen LogP) is 7.30. The van der Waals surface area contributed by atoms with Gasteiger partial charge in [0.1, 0.15) is 17.7 Å². The lowest BCUT2D eigenvalue weighted by atomic mass is 10.0. The number of hydrogen-bond donors (Lipinski definition) is 3. The highest BCUT2D eigenvalue weighted by molar-refractivity contribution is 5.84. The molecule has 0 spiro atoms. The summed E-state index contributed by atoms with van der Waals surface area (Å²) >= 11 is 0. The van der Waals surface area contributed by atoms with Gasteiger partial charge in [-0.15, -0.1) is 0 Å². The lowest BCUT2D eigenvalue weighted by Gasteiger charge is -2.34. The van der Waals surface area contributed by atoms with E-state index in [4.69, 9.17) is 4.98 Å². The van der Waals surface area contributed by atoms with Gasteiger partial charge >= 0.3 is 0 Å². The zero-order valence-corrected chi connectivity index (χ0v) is 26.7. The number of H-pyrrole nitrogens is 2. The van der Waals surface area contributed by atoms with Crippen LogP contribution in [0.1, 0.15) is 74.9 Å². The highest BCUT2D eigenvalue weighted by Gasteiger charge is 2.38. The number of benzene rings is 3. The molecule has 2 unspecified atom stereocenters. The molecule has 1 amide bonds. The summed E-state index contributed by atoms with van der Waals surface area (Å²) in [6, 6.07) is 27.4. The van der Waals surface area contributed by atoms with E-state index in [1.807, 2.05) is 35.5 Å². The molecular weight excluding hydrogens is 570 g/mol. The molecule has 0 bridgehead atoms. The van der Waals surface area contributed by atoms with Crippen LogP contribution in [0.15, 0.2) is 91.3 Å². The summed E-state index contributed by atoms with van der Waals surface area (Å²) in [5.74, 6) is 2.04. The van der Waals surface area contributed by atoms with Gasteiger partial charge in [-0.05, 0) is 73.1 Å². The largest absolute Gasteiger partial charge is 0.341 e. The Morgan fingerprint density at radius 1 is 0.783 bits per heavy atom. The number of aromatic nitrogens is 4. The van der Waals surface area contributed by atoms with Crippen molar-refractivity contribution in [2.75, 3.05) is 26.2 Å². The monoisotopic (exact) mass is 613 g/mol. The molecule has 7 rings (SSSR count). The number of hydrogen-bond acceptors (Lipinski definition) is 5. The van der Waals surface area contributed by atoms with E-state index in [1.54, 1.807) is 0 Å². The zero-order valence-electron chi connectivity index (χ0n) is 26.7. The van der Waals surface area contributed by atoms with Crippen molar-refractivity contribution in [3.63, 3.8) is 0 Å². The average Bonchev–Trinajstić information content (AvgIpc) is 3.94. The number of imidazole rings is 2. The van der Waals surface area contributed by atoms with Gasteiger partial charge in [0.15, 0.2) is 0 Å². The van der Waals surface area contributed by atoms with Gasteiger partial charge in [0.25, 0.3) is 0 Å². The number of carbonyl (C=O) groups excluding carboxylic acids is 1. The minimum Gasteiger partial charge on any atom is -0.341 e. The summed E-state index contributed by atoms with van der Waals surface area (Å²) in [6.45, 7) is 7.68. The third kappa shape index (κ3) is 6.02. The second-order valence-corrected chi connectivity index (χ2v) is 12.4. The topological polar surface area (TPSA) is 92.9 Å². The van der Waals surface area contributed by atoms with Crippen molar-refractivity contribution in [2.24, 2.45) is 0 Å². The Hall–Kier alpha value is -4.53. The fourth-order valence-electron chi connectivity index (χ4n) is 7.12. The zero-order chi connectivity index (χ0) is 31.5. The van der Waals surface area contributed by atoms with Crippen LogP contribution < -0.4 is 5.32 Å². The lowest BCUT2D eigenvalue weighted by molar-refractivity contribution is -0.138. The predicted molar refractivity (Wildman–Crippen MR) is 183 cm³/mol. The molecule has 4 heterocycles. The van der Waals surface area contributed by atoms with Crippen LogP contribution in [0.3, 0.4) is 0 Å². The molecule has 2 aromatic heterocycles. The van der Waals surface area contributed by atoms with Gasteiger partial charge < -0.3 is 20.2 Å². The summed E-state index contributed by atoms with van der Waals surface area (Å²) in [6.07, 6.45) is 8.04. The first-order chi connectivity index (χ1) is 22.6. The molecule has 0 radical (unpaired) electrons. The minimum atomic E-state index is -0.293. The van der Waals surface area contributed by atoms with Crippen molar-refractivity contribution in [1.82, 2.24) is 35.1 Å². The van der Waals surface area contributed by atoms with E-state index < -0.39 is 0 Å². The number of carbonyl (C=O) groups is 1. The van der Waals surface area contributed by atoms with Crippen LogP contribution in [0.4, 0.5) is 0 Å². The summed E-state index contributed by atoms with van der Waals surface area (Å²) in [5, 5.41) is 3.51. The molecule has 3 aromatic carbocycles. The highest BCUT2D eigenvalue weighted by Crippen LogP contribution is 2.36. The number of likely N-dealkylation sites (N-methyl/N-ethyl adjacent to an activating group) is 1. The van der Waals surface area contributed by atoms with E-state index in [2.05, 4.69) is 99.7 Å². The first-order valence-corrected chi connectivity index (χ1v) is 16.8. The number of aromatic amines is 2. The van der Waals surface area contributed by atoms with E-state index in [0.29, 0.717) is 6.04 Å². The molecule has 3 N–H and O–H groups in total. The molecule has 3 atom stereocenters. The van der Waals surface area contributed by atoms with Crippen molar-refractivity contribution in [1.29, 1.82) is 0 Å². The maximum atomic E-state index is 14.1. The van der Waals surface area contributed by atoms with Crippen LogP contribution in [-0.2, 0) is 4.79 Å². The second kappa shape index (κ2) is 13.4. The van der Waals surface area contributed by atoms with Crippen molar-refractivity contribution >= 4 is 5.91 Å². The van der Waals surface area contributed by atoms with Crippen LogP contribution in [0, 0.1) is 0 Å². The average molecular weight is 614 g/mol. The Balaban J connectivity index is 1.05.